The van der Waals surface area contributed by atoms with E-state index in [2.05, 4.69) is 15.6 Å². The van der Waals surface area contributed by atoms with Crippen molar-refractivity contribution in [1.29, 1.82) is 0 Å². The second-order valence-electron chi connectivity index (χ2n) is 3.06. The fourth-order valence-electron chi connectivity index (χ4n) is 1.08. The number of nitrogens with one attached hydrogen (secondary N) is 2. The van der Waals surface area contributed by atoms with Crippen molar-refractivity contribution >= 4 is 5.91 Å². The molecule has 0 aromatic carbocycles. The first kappa shape index (κ1) is 10.7. The number of carbonyl (C=O) groups is 1. The summed E-state index contributed by atoms with van der Waals surface area (Å²) in [7, 11) is 1.62. The van der Waals surface area contributed by atoms with Crippen molar-refractivity contribution in [2.45, 2.75) is 13.0 Å². The first-order valence-electron chi connectivity index (χ1n) is 4.58. The van der Waals surface area contributed by atoms with Gasteiger partial charge >= 0.3 is 0 Å². The number of amides is 1. The second kappa shape index (κ2) is 5.34. The number of carbonyl (C=O) groups excluding carboxylic acids is 1. The Bertz CT molecular complexity index is 287. The van der Waals surface area contributed by atoms with Crippen LogP contribution in [0.25, 0.3) is 0 Å². The van der Waals surface area contributed by atoms with Gasteiger partial charge in [-0.15, -0.1) is 0 Å². The van der Waals surface area contributed by atoms with Crippen LogP contribution >= 0.6 is 0 Å². The third-order valence-corrected chi connectivity index (χ3v) is 2.03. The molecule has 0 saturated heterocycles. The lowest BCUT2D eigenvalue weighted by Crippen LogP contribution is -2.32. The molecule has 14 heavy (non-hydrogen) atoms. The largest absolute Gasteiger partial charge is 0.358 e. The lowest BCUT2D eigenvalue weighted by molar-refractivity contribution is -0.119. The van der Waals surface area contributed by atoms with E-state index in [1.807, 2.05) is 19.1 Å². The Kier molecular flexibility index (Phi) is 4.07. The summed E-state index contributed by atoms with van der Waals surface area (Å²) in [5.41, 5.74) is 1.08. The monoisotopic (exact) mass is 193 g/mol. The highest BCUT2D eigenvalue weighted by Crippen LogP contribution is 2.08. The Hall–Kier alpha value is -1.42. The number of nitrogens with zero attached hydrogens (tertiary/aromatic N) is 1. The maximum atomic E-state index is 11.0. The molecule has 0 saturated carbocycles. The van der Waals surface area contributed by atoms with E-state index in [1.54, 1.807) is 19.4 Å². The molecule has 0 aliphatic carbocycles. The van der Waals surface area contributed by atoms with Crippen LogP contribution in [0.4, 0.5) is 0 Å². The number of hydrogen-bond acceptors (Lipinski definition) is 3. The Labute approximate surface area is 83.7 Å². The molecule has 1 aromatic rings. The minimum absolute atomic E-state index is 0.0132. The van der Waals surface area contributed by atoms with Gasteiger partial charge in [-0.25, -0.2) is 0 Å². The molecule has 1 atom stereocenters. The number of pyridine rings is 1. The summed E-state index contributed by atoms with van der Waals surface area (Å²) in [5.74, 6) is -0.0132. The van der Waals surface area contributed by atoms with Crippen molar-refractivity contribution in [3.63, 3.8) is 0 Å². The molecule has 0 aliphatic heterocycles. The topological polar surface area (TPSA) is 54.0 Å². The molecule has 0 unspecified atom stereocenters. The molecular weight excluding hydrogens is 178 g/mol. The average Bonchev–Trinajstić information content (AvgIpc) is 2.26. The molecule has 4 heteroatoms. The molecule has 0 spiro atoms. The molecule has 4 nitrogen and oxygen atoms in total. The van der Waals surface area contributed by atoms with Crippen LogP contribution in [0.1, 0.15) is 18.5 Å². The van der Waals surface area contributed by atoms with Crippen LogP contribution in [0.2, 0.25) is 0 Å². The SMILES string of the molecule is CNC(=O)CN[C@H](C)c1cccnc1. The van der Waals surface area contributed by atoms with Gasteiger partial charge in [0.25, 0.3) is 0 Å². The van der Waals surface area contributed by atoms with Gasteiger partial charge in [-0.2, -0.15) is 0 Å². The van der Waals surface area contributed by atoms with Gasteiger partial charge in [0.2, 0.25) is 5.91 Å². The van der Waals surface area contributed by atoms with Crippen LogP contribution in [0.3, 0.4) is 0 Å². The van der Waals surface area contributed by atoms with E-state index >= 15 is 0 Å². The van der Waals surface area contributed by atoms with E-state index in [0.717, 1.165) is 5.56 Å². The minimum Gasteiger partial charge on any atom is -0.358 e. The Balaban J connectivity index is 2.43. The Morgan fingerprint density at radius 3 is 3.00 bits per heavy atom. The van der Waals surface area contributed by atoms with Crippen LogP contribution in [0.15, 0.2) is 24.5 Å². The van der Waals surface area contributed by atoms with E-state index in [4.69, 9.17) is 0 Å². The zero-order chi connectivity index (χ0) is 10.4. The van der Waals surface area contributed by atoms with Crippen LogP contribution in [-0.2, 0) is 4.79 Å². The minimum atomic E-state index is -0.0132. The third-order valence-electron chi connectivity index (χ3n) is 2.03. The average molecular weight is 193 g/mol. The maximum absolute atomic E-state index is 11.0. The van der Waals surface area contributed by atoms with Crippen molar-refractivity contribution in [3.8, 4) is 0 Å². The van der Waals surface area contributed by atoms with E-state index in [0.29, 0.717) is 6.54 Å². The van der Waals surface area contributed by atoms with Gasteiger partial charge in [0.05, 0.1) is 6.54 Å². The van der Waals surface area contributed by atoms with Gasteiger partial charge in [0.1, 0.15) is 0 Å². The van der Waals surface area contributed by atoms with Crippen LogP contribution in [0.5, 0.6) is 0 Å². The van der Waals surface area contributed by atoms with Gasteiger partial charge in [0.15, 0.2) is 0 Å². The fourth-order valence-corrected chi connectivity index (χ4v) is 1.08. The van der Waals surface area contributed by atoms with Crippen LogP contribution in [-0.4, -0.2) is 24.5 Å². The van der Waals surface area contributed by atoms with Crippen molar-refractivity contribution in [3.05, 3.63) is 30.1 Å². The predicted molar refractivity (Wildman–Crippen MR) is 54.7 cm³/mol. The summed E-state index contributed by atoms with van der Waals surface area (Å²) in [6.07, 6.45) is 3.52. The molecule has 0 bridgehead atoms. The van der Waals surface area contributed by atoms with Gasteiger partial charge in [-0.3, -0.25) is 9.78 Å². The lowest BCUT2D eigenvalue weighted by atomic mass is 10.1. The van der Waals surface area contributed by atoms with E-state index in [1.165, 1.54) is 0 Å². The zero-order valence-electron chi connectivity index (χ0n) is 8.45. The first-order chi connectivity index (χ1) is 6.74. The van der Waals surface area contributed by atoms with Gasteiger partial charge in [-0.05, 0) is 18.6 Å². The zero-order valence-corrected chi connectivity index (χ0v) is 8.45. The maximum Gasteiger partial charge on any atom is 0.233 e. The third kappa shape index (κ3) is 3.14. The summed E-state index contributed by atoms with van der Waals surface area (Å²) in [6.45, 7) is 2.33. The highest BCUT2D eigenvalue weighted by molar-refractivity contribution is 5.77. The standard InChI is InChI=1S/C10H15N3O/c1-8(13-7-10(14)11-2)9-4-3-5-12-6-9/h3-6,8,13H,7H2,1-2H3,(H,11,14)/t8-/m1/s1. The molecule has 2 N–H and O–H groups in total. The van der Waals surface area contributed by atoms with Crippen LogP contribution in [0, 0.1) is 0 Å². The van der Waals surface area contributed by atoms with Crippen molar-refractivity contribution < 1.29 is 4.79 Å². The van der Waals surface area contributed by atoms with Crippen molar-refractivity contribution in [2.24, 2.45) is 0 Å². The number of aromatic nitrogens is 1. The van der Waals surface area contributed by atoms with Crippen molar-refractivity contribution in [1.82, 2.24) is 15.6 Å². The summed E-state index contributed by atoms with van der Waals surface area (Å²) in [5, 5.41) is 5.65. The lowest BCUT2D eigenvalue weighted by Gasteiger charge is -2.12. The molecule has 0 fully saturated rings. The number of rotatable bonds is 4. The summed E-state index contributed by atoms with van der Waals surface area (Å²) >= 11 is 0. The van der Waals surface area contributed by atoms with Crippen LogP contribution < -0.4 is 10.6 Å². The molecule has 0 aliphatic rings. The Morgan fingerprint density at radius 2 is 2.43 bits per heavy atom. The Morgan fingerprint density at radius 1 is 1.64 bits per heavy atom. The number of likely N-dealkylation sites (N-methyl/N-ethyl adjacent to an activating group) is 1. The summed E-state index contributed by atoms with van der Waals surface area (Å²) in [6, 6.07) is 4.00. The molecule has 1 aromatic heterocycles. The highest BCUT2D eigenvalue weighted by Gasteiger charge is 2.05. The summed E-state index contributed by atoms with van der Waals surface area (Å²) < 4.78 is 0. The molecule has 76 valence electrons. The quantitative estimate of drug-likeness (QED) is 0.731. The van der Waals surface area contributed by atoms with Gasteiger partial charge in [0, 0.05) is 25.5 Å². The fraction of sp³-hybridized carbons (Fsp3) is 0.400. The molecule has 1 heterocycles. The molecule has 1 rings (SSSR count). The van der Waals surface area contributed by atoms with Crippen molar-refractivity contribution in [2.75, 3.05) is 13.6 Å². The predicted octanol–water partition coefficient (Wildman–Crippen LogP) is 0.478. The molecule has 0 radical (unpaired) electrons. The highest BCUT2D eigenvalue weighted by atomic mass is 16.1. The van der Waals surface area contributed by atoms with E-state index < -0.39 is 0 Å². The molecule has 1 amide bonds. The van der Waals surface area contributed by atoms with Gasteiger partial charge < -0.3 is 10.6 Å². The first-order valence-corrected chi connectivity index (χ1v) is 4.58. The van der Waals surface area contributed by atoms with Gasteiger partial charge in [-0.1, -0.05) is 6.07 Å². The summed E-state index contributed by atoms with van der Waals surface area (Å²) in [4.78, 5) is 15.0. The normalized spacial score (nSPS) is 12.1. The van der Waals surface area contributed by atoms with E-state index in [9.17, 15) is 4.79 Å². The number of hydrogen-bond donors (Lipinski definition) is 2. The smallest absolute Gasteiger partial charge is 0.233 e. The molecular formula is C10H15N3O. The second-order valence-corrected chi connectivity index (χ2v) is 3.06. The van der Waals surface area contributed by atoms with E-state index in [-0.39, 0.29) is 11.9 Å².